The van der Waals surface area contributed by atoms with Gasteiger partial charge in [-0.2, -0.15) is 8.78 Å². The molecule has 1 N–H and O–H groups in total. The number of benzene rings is 1. The summed E-state index contributed by atoms with van der Waals surface area (Å²) in [6, 6.07) is 6.06. The second-order valence-electron chi connectivity index (χ2n) is 3.45. The number of carboxylic acid groups (broad SMARTS) is 1. The molecule has 0 saturated heterocycles. The standard InChI is InChI=1S/C11H10F2O4/c1-7-2-4-8(5-3-7)9(14)17-6-11(12,13)10(15)16/h2-5H,6H2,1H3,(H,15,16). The maximum absolute atomic E-state index is 12.6. The van der Waals surface area contributed by atoms with Gasteiger partial charge in [-0.1, -0.05) is 17.7 Å². The summed E-state index contributed by atoms with van der Waals surface area (Å²) in [5.74, 6) is -7.37. The van der Waals surface area contributed by atoms with Crippen LogP contribution in [0.5, 0.6) is 0 Å². The Bertz CT molecular complexity index is 426. The number of hydrogen-bond donors (Lipinski definition) is 1. The van der Waals surface area contributed by atoms with Crippen LogP contribution in [0.3, 0.4) is 0 Å². The molecule has 1 rings (SSSR count). The van der Waals surface area contributed by atoms with Gasteiger partial charge in [0.05, 0.1) is 5.56 Å². The molecular weight excluding hydrogens is 234 g/mol. The lowest BCUT2D eigenvalue weighted by molar-refractivity contribution is -0.170. The normalized spacial score (nSPS) is 11.0. The molecule has 0 bridgehead atoms. The summed E-state index contributed by atoms with van der Waals surface area (Å²) >= 11 is 0. The van der Waals surface area contributed by atoms with E-state index in [0.717, 1.165) is 5.56 Å². The molecule has 0 atom stereocenters. The van der Waals surface area contributed by atoms with Crippen LogP contribution in [0.2, 0.25) is 0 Å². The topological polar surface area (TPSA) is 63.6 Å². The van der Waals surface area contributed by atoms with E-state index in [0.29, 0.717) is 0 Å². The number of carbonyl (C=O) groups excluding carboxylic acids is 1. The molecule has 0 fully saturated rings. The van der Waals surface area contributed by atoms with E-state index in [1.807, 2.05) is 0 Å². The molecule has 4 nitrogen and oxygen atoms in total. The zero-order chi connectivity index (χ0) is 13.1. The van der Waals surface area contributed by atoms with Crippen molar-refractivity contribution in [2.45, 2.75) is 12.8 Å². The van der Waals surface area contributed by atoms with Crippen molar-refractivity contribution in [1.82, 2.24) is 0 Å². The fourth-order valence-corrected chi connectivity index (χ4v) is 0.991. The van der Waals surface area contributed by atoms with Gasteiger partial charge in [0.2, 0.25) is 0 Å². The second kappa shape index (κ2) is 4.90. The molecule has 0 radical (unpaired) electrons. The third kappa shape index (κ3) is 3.51. The van der Waals surface area contributed by atoms with Crippen molar-refractivity contribution in [3.63, 3.8) is 0 Å². The van der Waals surface area contributed by atoms with E-state index in [-0.39, 0.29) is 5.56 Å². The molecule has 0 amide bonds. The predicted molar refractivity (Wildman–Crippen MR) is 54.0 cm³/mol. The van der Waals surface area contributed by atoms with Crippen molar-refractivity contribution in [2.24, 2.45) is 0 Å². The summed E-state index contributed by atoms with van der Waals surface area (Å²) in [7, 11) is 0. The van der Waals surface area contributed by atoms with Gasteiger partial charge in [0.1, 0.15) is 0 Å². The number of ether oxygens (including phenoxy) is 1. The van der Waals surface area contributed by atoms with E-state index in [9.17, 15) is 18.4 Å². The van der Waals surface area contributed by atoms with Gasteiger partial charge in [-0.15, -0.1) is 0 Å². The molecule has 0 saturated carbocycles. The van der Waals surface area contributed by atoms with Crippen LogP contribution < -0.4 is 0 Å². The number of rotatable bonds is 4. The maximum Gasteiger partial charge on any atom is 0.378 e. The average molecular weight is 244 g/mol. The predicted octanol–water partition coefficient (Wildman–Crippen LogP) is 1.87. The van der Waals surface area contributed by atoms with Gasteiger partial charge in [-0.05, 0) is 19.1 Å². The highest BCUT2D eigenvalue weighted by Gasteiger charge is 2.40. The highest BCUT2D eigenvalue weighted by Crippen LogP contribution is 2.15. The molecule has 0 aliphatic carbocycles. The minimum absolute atomic E-state index is 0.0942. The molecule has 1 aromatic carbocycles. The third-order valence-electron chi connectivity index (χ3n) is 1.98. The van der Waals surface area contributed by atoms with Crippen LogP contribution in [0.4, 0.5) is 8.78 Å². The SMILES string of the molecule is Cc1ccc(C(=O)OCC(F)(F)C(=O)O)cc1. The number of aryl methyl sites for hydroxylation is 1. The fraction of sp³-hybridized carbons (Fsp3) is 0.273. The molecule has 1 aromatic rings. The minimum Gasteiger partial charge on any atom is -0.477 e. The lowest BCUT2D eigenvalue weighted by atomic mass is 10.1. The lowest BCUT2D eigenvalue weighted by Gasteiger charge is -2.11. The van der Waals surface area contributed by atoms with Crippen LogP contribution in [-0.2, 0) is 9.53 Å². The van der Waals surface area contributed by atoms with Crippen molar-refractivity contribution in [3.05, 3.63) is 35.4 Å². The molecule has 92 valence electrons. The van der Waals surface area contributed by atoms with Crippen molar-refractivity contribution in [1.29, 1.82) is 0 Å². The minimum atomic E-state index is -4.07. The molecule has 0 aliphatic rings. The van der Waals surface area contributed by atoms with E-state index >= 15 is 0 Å². The van der Waals surface area contributed by atoms with Gasteiger partial charge >= 0.3 is 17.9 Å². The Morgan fingerprint density at radius 2 is 1.82 bits per heavy atom. The molecule has 6 heteroatoms. The van der Waals surface area contributed by atoms with E-state index in [4.69, 9.17) is 5.11 Å². The quantitative estimate of drug-likeness (QED) is 0.821. The highest BCUT2D eigenvalue weighted by atomic mass is 19.3. The Kier molecular flexibility index (Phi) is 3.77. The molecule has 0 unspecified atom stereocenters. The highest BCUT2D eigenvalue weighted by molar-refractivity contribution is 5.89. The number of carbonyl (C=O) groups is 2. The summed E-state index contributed by atoms with van der Waals surface area (Å²) in [5.41, 5.74) is 0.995. The van der Waals surface area contributed by atoms with Crippen LogP contribution in [-0.4, -0.2) is 29.6 Å². The first-order valence-corrected chi connectivity index (χ1v) is 4.68. The van der Waals surface area contributed by atoms with Crippen LogP contribution in [0.25, 0.3) is 0 Å². The first-order valence-electron chi connectivity index (χ1n) is 4.68. The van der Waals surface area contributed by atoms with Crippen LogP contribution in [0, 0.1) is 6.92 Å². The van der Waals surface area contributed by atoms with Gasteiger partial charge in [-0.3, -0.25) is 0 Å². The van der Waals surface area contributed by atoms with Crippen LogP contribution >= 0.6 is 0 Å². The summed E-state index contributed by atoms with van der Waals surface area (Å²) < 4.78 is 29.4. The number of carboxylic acids is 1. The van der Waals surface area contributed by atoms with Crippen molar-refractivity contribution in [2.75, 3.05) is 6.61 Å². The molecular formula is C11H10F2O4. The molecule has 0 aromatic heterocycles. The number of esters is 1. The van der Waals surface area contributed by atoms with Crippen LogP contribution in [0.15, 0.2) is 24.3 Å². The number of hydrogen-bond acceptors (Lipinski definition) is 3. The van der Waals surface area contributed by atoms with Gasteiger partial charge in [-0.25, -0.2) is 9.59 Å². The Morgan fingerprint density at radius 1 is 1.29 bits per heavy atom. The third-order valence-corrected chi connectivity index (χ3v) is 1.98. The Labute approximate surface area is 95.8 Å². The summed E-state index contributed by atoms with van der Waals surface area (Å²) in [6.45, 7) is 0.322. The molecule has 17 heavy (non-hydrogen) atoms. The van der Waals surface area contributed by atoms with Crippen molar-refractivity contribution < 1.29 is 28.2 Å². The summed E-state index contributed by atoms with van der Waals surface area (Å²) in [4.78, 5) is 21.4. The first-order chi connectivity index (χ1) is 7.83. The van der Waals surface area contributed by atoms with E-state index in [2.05, 4.69) is 4.74 Å². The molecule has 0 heterocycles. The van der Waals surface area contributed by atoms with Gasteiger partial charge in [0, 0.05) is 0 Å². The zero-order valence-electron chi connectivity index (χ0n) is 8.94. The summed E-state index contributed by atoms with van der Waals surface area (Å²) in [5, 5.41) is 8.12. The monoisotopic (exact) mass is 244 g/mol. The second-order valence-corrected chi connectivity index (χ2v) is 3.45. The van der Waals surface area contributed by atoms with Crippen LogP contribution in [0.1, 0.15) is 15.9 Å². The maximum atomic E-state index is 12.6. The van der Waals surface area contributed by atoms with E-state index in [1.165, 1.54) is 12.1 Å². The Hall–Kier alpha value is -1.98. The molecule has 0 aliphatic heterocycles. The van der Waals surface area contributed by atoms with Crippen molar-refractivity contribution >= 4 is 11.9 Å². The lowest BCUT2D eigenvalue weighted by Crippen LogP contribution is -2.34. The van der Waals surface area contributed by atoms with E-state index in [1.54, 1.807) is 19.1 Å². The van der Waals surface area contributed by atoms with E-state index < -0.39 is 24.5 Å². The Morgan fingerprint density at radius 3 is 2.29 bits per heavy atom. The van der Waals surface area contributed by atoms with Crippen molar-refractivity contribution in [3.8, 4) is 0 Å². The number of halogens is 2. The largest absolute Gasteiger partial charge is 0.477 e. The first kappa shape index (κ1) is 13.1. The summed E-state index contributed by atoms with van der Waals surface area (Å²) in [6.07, 6.45) is 0. The smallest absolute Gasteiger partial charge is 0.378 e. The fourth-order valence-electron chi connectivity index (χ4n) is 0.991. The average Bonchev–Trinajstić information content (AvgIpc) is 2.27. The number of aliphatic carboxylic acids is 1. The zero-order valence-corrected chi connectivity index (χ0v) is 8.94. The van der Waals surface area contributed by atoms with Gasteiger partial charge < -0.3 is 9.84 Å². The van der Waals surface area contributed by atoms with Gasteiger partial charge in [0.25, 0.3) is 0 Å². The Balaban J connectivity index is 2.62. The molecule has 0 spiro atoms. The van der Waals surface area contributed by atoms with Gasteiger partial charge in [0.15, 0.2) is 6.61 Å². The number of alkyl halides is 2.